The van der Waals surface area contributed by atoms with Gasteiger partial charge in [-0.2, -0.15) is 0 Å². The van der Waals surface area contributed by atoms with Crippen molar-refractivity contribution in [2.24, 2.45) is 5.92 Å². The van der Waals surface area contributed by atoms with Gasteiger partial charge in [-0.25, -0.2) is 0 Å². The van der Waals surface area contributed by atoms with Crippen LogP contribution in [0, 0.1) is 5.92 Å². The molecule has 0 heterocycles. The Morgan fingerprint density at radius 2 is 1.95 bits per heavy atom. The molecular weight excluding hydrogens is 270 g/mol. The van der Waals surface area contributed by atoms with Gasteiger partial charge in [-0.1, -0.05) is 18.9 Å². The molecule has 0 radical (unpaired) electrons. The predicted octanol–water partition coefficient (Wildman–Crippen LogP) is 2.04. The summed E-state index contributed by atoms with van der Waals surface area (Å²) in [7, 11) is 3.12. The van der Waals surface area contributed by atoms with Crippen LogP contribution < -0.4 is 14.8 Å². The molecule has 5 heteroatoms. The number of carbonyl (C=O) groups is 1. The van der Waals surface area contributed by atoms with Crippen LogP contribution in [0.25, 0.3) is 0 Å². The summed E-state index contributed by atoms with van der Waals surface area (Å²) < 4.78 is 10.4. The van der Waals surface area contributed by atoms with Gasteiger partial charge in [-0.05, 0) is 30.5 Å². The Morgan fingerprint density at radius 3 is 2.57 bits per heavy atom. The van der Waals surface area contributed by atoms with E-state index in [4.69, 9.17) is 9.47 Å². The minimum Gasteiger partial charge on any atom is -0.493 e. The molecule has 116 valence electrons. The minimum absolute atomic E-state index is 0.0482. The monoisotopic (exact) mass is 293 g/mol. The van der Waals surface area contributed by atoms with Crippen LogP contribution in [0.3, 0.4) is 0 Å². The highest BCUT2D eigenvalue weighted by Crippen LogP contribution is 2.30. The summed E-state index contributed by atoms with van der Waals surface area (Å²) in [6, 6.07) is 5.25. The summed E-state index contributed by atoms with van der Waals surface area (Å²) in [5.41, 5.74) is 0.694. The van der Waals surface area contributed by atoms with Crippen LogP contribution in [0.2, 0.25) is 0 Å². The van der Waals surface area contributed by atoms with Crippen molar-refractivity contribution in [2.75, 3.05) is 20.8 Å². The van der Waals surface area contributed by atoms with Crippen LogP contribution in [0.5, 0.6) is 11.5 Å². The number of amides is 1. The van der Waals surface area contributed by atoms with Gasteiger partial charge in [-0.3, -0.25) is 4.79 Å². The normalized spacial score (nSPS) is 16.5. The number of carbonyl (C=O) groups excluding carboxylic acids is 1. The quantitative estimate of drug-likeness (QED) is 0.842. The molecule has 1 aliphatic carbocycles. The maximum Gasteiger partial charge on any atom is 0.223 e. The van der Waals surface area contributed by atoms with Gasteiger partial charge in [0.15, 0.2) is 11.5 Å². The molecule has 0 bridgehead atoms. The molecule has 5 nitrogen and oxygen atoms in total. The van der Waals surface area contributed by atoms with Gasteiger partial charge in [0.1, 0.15) is 0 Å². The number of nitrogens with one attached hydrogen (secondary N) is 1. The molecular formula is C16H23NO4. The third kappa shape index (κ3) is 3.88. The van der Waals surface area contributed by atoms with E-state index in [2.05, 4.69) is 5.32 Å². The Bertz CT molecular complexity index is 483. The minimum atomic E-state index is -0.754. The molecule has 1 aliphatic rings. The highest BCUT2D eigenvalue weighted by molar-refractivity contribution is 5.78. The summed E-state index contributed by atoms with van der Waals surface area (Å²) >= 11 is 0. The topological polar surface area (TPSA) is 67.8 Å². The van der Waals surface area contributed by atoms with Gasteiger partial charge in [0.2, 0.25) is 5.91 Å². The molecule has 1 amide bonds. The summed E-state index contributed by atoms with van der Waals surface area (Å²) in [5.74, 6) is 1.34. The van der Waals surface area contributed by atoms with Gasteiger partial charge >= 0.3 is 0 Å². The van der Waals surface area contributed by atoms with Crippen LogP contribution >= 0.6 is 0 Å². The molecule has 2 N–H and O–H groups in total. The fraction of sp³-hybridized carbons (Fsp3) is 0.562. The van der Waals surface area contributed by atoms with E-state index in [0.29, 0.717) is 17.1 Å². The molecule has 0 saturated heterocycles. The van der Waals surface area contributed by atoms with E-state index in [1.807, 2.05) is 0 Å². The van der Waals surface area contributed by atoms with Gasteiger partial charge in [0, 0.05) is 12.5 Å². The summed E-state index contributed by atoms with van der Waals surface area (Å²) in [5, 5.41) is 13.0. The van der Waals surface area contributed by atoms with E-state index < -0.39 is 6.10 Å². The first-order valence-electron chi connectivity index (χ1n) is 7.33. The van der Waals surface area contributed by atoms with E-state index in [0.717, 1.165) is 25.7 Å². The van der Waals surface area contributed by atoms with Crippen LogP contribution in [0.1, 0.15) is 37.4 Å². The molecule has 2 rings (SSSR count). The van der Waals surface area contributed by atoms with Crippen molar-refractivity contribution in [1.82, 2.24) is 5.32 Å². The van der Waals surface area contributed by atoms with Crippen LogP contribution in [0.4, 0.5) is 0 Å². The molecule has 21 heavy (non-hydrogen) atoms. The van der Waals surface area contributed by atoms with Crippen LogP contribution in [-0.2, 0) is 4.79 Å². The van der Waals surface area contributed by atoms with Crippen molar-refractivity contribution < 1.29 is 19.4 Å². The zero-order valence-corrected chi connectivity index (χ0v) is 12.6. The fourth-order valence-electron chi connectivity index (χ4n) is 2.71. The number of hydrogen-bond acceptors (Lipinski definition) is 4. The Morgan fingerprint density at radius 1 is 1.29 bits per heavy atom. The highest BCUT2D eigenvalue weighted by Gasteiger charge is 2.23. The van der Waals surface area contributed by atoms with Crippen LogP contribution in [0.15, 0.2) is 18.2 Å². The molecule has 0 spiro atoms. The Kier molecular flexibility index (Phi) is 5.44. The number of rotatable bonds is 6. The fourth-order valence-corrected chi connectivity index (χ4v) is 2.71. The van der Waals surface area contributed by atoms with E-state index in [9.17, 15) is 9.90 Å². The molecule has 1 atom stereocenters. The average Bonchev–Trinajstić information content (AvgIpc) is 3.06. The first-order chi connectivity index (χ1) is 10.2. The van der Waals surface area contributed by atoms with Crippen molar-refractivity contribution >= 4 is 5.91 Å². The lowest BCUT2D eigenvalue weighted by molar-refractivity contribution is -0.125. The lowest BCUT2D eigenvalue weighted by Crippen LogP contribution is -2.32. The number of benzene rings is 1. The lowest BCUT2D eigenvalue weighted by Gasteiger charge is -2.16. The van der Waals surface area contributed by atoms with Crippen molar-refractivity contribution in [1.29, 1.82) is 0 Å². The van der Waals surface area contributed by atoms with Crippen molar-refractivity contribution in [3.63, 3.8) is 0 Å². The third-order valence-corrected chi connectivity index (χ3v) is 3.99. The zero-order chi connectivity index (χ0) is 15.2. The van der Waals surface area contributed by atoms with Crippen molar-refractivity contribution in [3.8, 4) is 11.5 Å². The molecule has 0 aromatic heterocycles. The third-order valence-electron chi connectivity index (χ3n) is 3.99. The maximum absolute atomic E-state index is 11.9. The molecule has 1 saturated carbocycles. The van der Waals surface area contributed by atoms with Gasteiger partial charge in [0.05, 0.1) is 20.3 Å². The van der Waals surface area contributed by atoms with Crippen LogP contribution in [-0.4, -0.2) is 31.8 Å². The number of aliphatic hydroxyl groups is 1. The zero-order valence-electron chi connectivity index (χ0n) is 12.6. The first-order valence-corrected chi connectivity index (χ1v) is 7.33. The second-order valence-electron chi connectivity index (χ2n) is 5.36. The molecule has 1 aromatic carbocycles. The lowest BCUT2D eigenvalue weighted by atomic mass is 10.1. The molecule has 0 unspecified atom stereocenters. The summed E-state index contributed by atoms with van der Waals surface area (Å²) in [4.78, 5) is 11.9. The van der Waals surface area contributed by atoms with E-state index in [1.165, 1.54) is 0 Å². The maximum atomic E-state index is 11.9. The largest absolute Gasteiger partial charge is 0.493 e. The first kappa shape index (κ1) is 15.6. The number of ether oxygens (including phenoxy) is 2. The molecule has 1 fully saturated rings. The smallest absolute Gasteiger partial charge is 0.223 e. The average molecular weight is 293 g/mol. The Balaban J connectivity index is 1.93. The van der Waals surface area contributed by atoms with E-state index >= 15 is 0 Å². The number of methoxy groups -OCH3 is 2. The second kappa shape index (κ2) is 7.31. The summed E-state index contributed by atoms with van der Waals surface area (Å²) in [6.07, 6.45) is 3.40. The number of aliphatic hydroxyl groups excluding tert-OH is 1. The standard InChI is InChI=1S/C16H23NO4/c1-20-14-8-7-12(9-15(14)21-2)13(18)10-17-16(19)11-5-3-4-6-11/h7-9,11,13,18H,3-6,10H2,1-2H3,(H,17,19)/t13-/m1/s1. The Labute approximate surface area is 125 Å². The highest BCUT2D eigenvalue weighted by atomic mass is 16.5. The van der Waals surface area contributed by atoms with Gasteiger partial charge in [0.25, 0.3) is 0 Å². The number of hydrogen-bond donors (Lipinski definition) is 2. The molecule has 1 aromatic rings. The predicted molar refractivity (Wildman–Crippen MR) is 79.5 cm³/mol. The molecule has 0 aliphatic heterocycles. The van der Waals surface area contributed by atoms with E-state index in [1.54, 1.807) is 32.4 Å². The Hall–Kier alpha value is -1.75. The van der Waals surface area contributed by atoms with Crippen molar-refractivity contribution in [3.05, 3.63) is 23.8 Å². The summed E-state index contributed by atoms with van der Waals surface area (Å²) in [6.45, 7) is 0.213. The van der Waals surface area contributed by atoms with Gasteiger partial charge < -0.3 is 19.9 Å². The SMILES string of the molecule is COc1ccc([C@H](O)CNC(=O)C2CCCC2)cc1OC. The van der Waals surface area contributed by atoms with Gasteiger partial charge in [-0.15, -0.1) is 0 Å². The van der Waals surface area contributed by atoms with Crippen molar-refractivity contribution in [2.45, 2.75) is 31.8 Å². The van der Waals surface area contributed by atoms with E-state index in [-0.39, 0.29) is 18.4 Å². The second-order valence-corrected chi connectivity index (χ2v) is 5.36.